The van der Waals surface area contributed by atoms with Gasteiger partial charge in [-0.15, -0.1) is 0 Å². The predicted octanol–water partition coefficient (Wildman–Crippen LogP) is 4.84. The molecular formula is C28H31FN2O2. The molecule has 4 nitrogen and oxygen atoms in total. The van der Waals surface area contributed by atoms with Crippen molar-refractivity contribution in [1.82, 2.24) is 10.2 Å². The summed E-state index contributed by atoms with van der Waals surface area (Å²) in [6, 6.07) is 22.8. The fourth-order valence-electron chi connectivity index (χ4n) is 3.84. The maximum Gasteiger partial charge on any atom is 0.243 e. The lowest BCUT2D eigenvalue weighted by atomic mass is 10.0. The fourth-order valence-corrected chi connectivity index (χ4v) is 3.84. The second-order valence-electron chi connectivity index (χ2n) is 8.65. The van der Waals surface area contributed by atoms with Crippen molar-refractivity contribution in [3.8, 4) is 0 Å². The first-order chi connectivity index (χ1) is 15.8. The highest BCUT2D eigenvalue weighted by molar-refractivity contribution is 5.89. The Hall–Kier alpha value is -3.47. The molecule has 0 radical (unpaired) electrons. The lowest BCUT2D eigenvalue weighted by Gasteiger charge is -2.32. The number of carbonyl (C=O) groups is 2. The minimum absolute atomic E-state index is 0.0142. The summed E-state index contributed by atoms with van der Waals surface area (Å²) in [5.41, 5.74) is 3.23. The summed E-state index contributed by atoms with van der Waals surface area (Å²) >= 11 is 0. The monoisotopic (exact) mass is 446 g/mol. The van der Waals surface area contributed by atoms with Crippen LogP contribution in [0.1, 0.15) is 36.1 Å². The number of rotatable bonds is 9. The van der Waals surface area contributed by atoms with Crippen molar-refractivity contribution >= 4 is 11.8 Å². The highest BCUT2D eigenvalue weighted by atomic mass is 19.1. The van der Waals surface area contributed by atoms with Crippen LogP contribution in [0.4, 0.5) is 4.39 Å². The molecule has 0 bridgehead atoms. The number of benzene rings is 3. The van der Waals surface area contributed by atoms with Gasteiger partial charge in [0, 0.05) is 24.6 Å². The van der Waals surface area contributed by atoms with E-state index in [0.29, 0.717) is 12.0 Å². The van der Waals surface area contributed by atoms with E-state index in [9.17, 15) is 14.0 Å². The Morgan fingerprint density at radius 1 is 0.909 bits per heavy atom. The first kappa shape index (κ1) is 24.2. The van der Waals surface area contributed by atoms with Gasteiger partial charge < -0.3 is 10.2 Å². The van der Waals surface area contributed by atoms with Gasteiger partial charge in [0.1, 0.15) is 11.9 Å². The van der Waals surface area contributed by atoms with Crippen molar-refractivity contribution in [3.05, 3.63) is 107 Å². The number of aryl methyl sites for hydroxylation is 1. The molecule has 0 heterocycles. The van der Waals surface area contributed by atoms with E-state index in [-0.39, 0.29) is 30.8 Å². The molecule has 172 valence electrons. The van der Waals surface area contributed by atoms with Crippen molar-refractivity contribution in [1.29, 1.82) is 0 Å². The van der Waals surface area contributed by atoms with Gasteiger partial charge in [0.05, 0.1) is 6.42 Å². The zero-order valence-corrected chi connectivity index (χ0v) is 19.4. The van der Waals surface area contributed by atoms with E-state index < -0.39 is 11.9 Å². The van der Waals surface area contributed by atoms with Crippen molar-refractivity contribution in [2.45, 2.75) is 52.2 Å². The van der Waals surface area contributed by atoms with E-state index in [1.807, 2.05) is 75.4 Å². The van der Waals surface area contributed by atoms with Crippen LogP contribution in [0.5, 0.6) is 0 Å². The lowest BCUT2D eigenvalue weighted by Crippen LogP contribution is -2.52. The summed E-state index contributed by atoms with van der Waals surface area (Å²) < 4.78 is 14.6. The number of amides is 2. The van der Waals surface area contributed by atoms with Crippen LogP contribution in [0.2, 0.25) is 0 Å². The lowest BCUT2D eigenvalue weighted by molar-refractivity contribution is -0.141. The molecule has 0 aromatic heterocycles. The first-order valence-corrected chi connectivity index (χ1v) is 11.3. The maximum absolute atomic E-state index is 14.6. The molecule has 1 N–H and O–H groups in total. The molecule has 0 saturated heterocycles. The molecule has 0 aliphatic carbocycles. The molecule has 0 spiro atoms. The van der Waals surface area contributed by atoms with Gasteiger partial charge in [-0.2, -0.15) is 0 Å². The summed E-state index contributed by atoms with van der Waals surface area (Å²) in [6.07, 6.45) is 0.476. The van der Waals surface area contributed by atoms with Crippen LogP contribution in [0.25, 0.3) is 0 Å². The second kappa shape index (κ2) is 11.4. The third-order valence-corrected chi connectivity index (χ3v) is 5.44. The normalized spacial score (nSPS) is 11.8. The SMILES string of the molecule is Cc1cccc(CC(=O)N(Cc2ccccc2F)[C@H](Cc2ccccc2)C(=O)NC(C)C)c1. The summed E-state index contributed by atoms with van der Waals surface area (Å²) in [6.45, 7) is 5.75. The third kappa shape index (κ3) is 7.01. The van der Waals surface area contributed by atoms with Crippen LogP contribution in [0.3, 0.4) is 0 Å². The number of hydrogen-bond donors (Lipinski definition) is 1. The van der Waals surface area contributed by atoms with Gasteiger partial charge in [0.2, 0.25) is 11.8 Å². The molecular weight excluding hydrogens is 415 g/mol. The second-order valence-corrected chi connectivity index (χ2v) is 8.65. The Morgan fingerprint density at radius 3 is 2.24 bits per heavy atom. The van der Waals surface area contributed by atoms with Crippen molar-refractivity contribution in [2.75, 3.05) is 0 Å². The Kier molecular flexibility index (Phi) is 8.36. The molecule has 0 aliphatic heterocycles. The van der Waals surface area contributed by atoms with Gasteiger partial charge in [-0.05, 0) is 38.0 Å². The molecule has 33 heavy (non-hydrogen) atoms. The number of carbonyl (C=O) groups excluding carboxylic acids is 2. The minimum atomic E-state index is -0.772. The largest absolute Gasteiger partial charge is 0.352 e. The summed E-state index contributed by atoms with van der Waals surface area (Å²) in [4.78, 5) is 28.4. The molecule has 2 amide bonds. The number of hydrogen-bond acceptors (Lipinski definition) is 2. The van der Waals surface area contributed by atoms with Crippen LogP contribution in [0.15, 0.2) is 78.9 Å². The quantitative estimate of drug-likeness (QED) is 0.511. The van der Waals surface area contributed by atoms with Gasteiger partial charge in [0.25, 0.3) is 0 Å². The van der Waals surface area contributed by atoms with E-state index in [2.05, 4.69) is 5.32 Å². The third-order valence-electron chi connectivity index (χ3n) is 5.44. The highest BCUT2D eigenvalue weighted by Gasteiger charge is 2.31. The van der Waals surface area contributed by atoms with Gasteiger partial charge in [-0.3, -0.25) is 9.59 Å². The van der Waals surface area contributed by atoms with Gasteiger partial charge in [-0.25, -0.2) is 4.39 Å². The van der Waals surface area contributed by atoms with E-state index in [0.717, 1.165) is 16.7 Å². The first-order valence-electron chi connectivity index (χ1n) is 11.3. The van der Waals surface area contributed by atoms with Crippen LogP contribution >= 0.6 is 0 Å². The molecule has 3 aromatic carbocycles. The average Bonchev–Trinajstić information content (AvgIpc) is 2.77. The van der Waals surface area contributed by atoms with Gasteiger partial charge >= 0.3 is 0 Å². The number of nitrogens with zero attached hydrogens (tertiary/aromatic N) is 1. The zero-order valence-electron chi connectivity index (χ0n) is 19.4. The smallest absolute Gasteiger partial charge is 0.243 e. The summed E-state index contributed by atoms with van der Waals surface area (Å²) in [5, 5.41) is 2.95. The molecule has 1 atom stereocenters. The van der Waals surface area contributed by atoms with Crippen molar-refractivity contribution in [2.24, 2.45) is 0 Å². The molecule has 0 unspecified atom stereocenters. The minimum Gasteiger partial charge on any atom is -0.352 e. The van der Waals surface area contributed by atoms with Crippen molar-refractivity contribution in [3.63, 3.8) is 0 Å². The molecule has 0 fully saturated rings. The van der Waals surface area contributed by atoms with E-state index in [1.165, 1.54) is 11.0 Å². The van der Waals surface area contributed by atoms with Gasteiger partial charge in [0.15, 0.2) is 0 Å². The Bertz CT molecular complexity index is 1080. The Balaban J connectivity index is 1.98. The molecule has 5 heteroatoms. The van der Waals surface area contributed by atoms with E-state index >= 15 is 0 Å². The Labute approximate surface area is 195 Å². The van der Waals surface area contributed by atoms with Crippen LogP contribution in [-0.4, -0.2) is 28.8 Å². The molecule has 0 aliphatic rings. The topological polar surface area (TPSA) is 49.4 Å². The standard InChI is InChI=1S/C28H31FN2O2/c1-20(2)30-28(33)26(17-22-11-5-4-6-12-22)31(19-24-14-7-8-15-25(24)29)27(32)18-23-13-9-10-21(3)16-23/h4-16,20,26H,17-19H2,1-3H3,(H,30,33)/t26-/m1/s1. The molecule has 0 saturated carbocycles. The highest BCUT2D eigenvalue weighted by Crippen LogP contribution is 2.18. The molecule has 3 aromatic rings. The van der Waals surface area contributed by atoms with Crippen LogP contribution < -0.4 is 5.32 Å². The van der Waals surface area contributed by atoms with Crippen LogP contribution in [-0.2, 0) is 29.0 Å². The Morgan fingerprint density at radius 2 is 1.58 bits per heavy atom. The maximum atomic E-state index is 14.6. The number of halogens is 1. The molecule has 3 rings (SSSR count). The van der Waals surface area contributed by atoms with Crippen LogP contribution in [0, 0.1) is 12.7 Å². The summed E-state index contributed by atoms with van der Waals surface area (Å²) in [5.74, 6) is -0.861. The summed E-state index contributed by atoms with van der Waals surface area (Å²) in [7, 11) is 0. The fraction of sp³-hybridized carbons (Fsp3) is 0.286. The number of nitrogens with one attached hydrogen (secondary N) is 1. The predicted molar refractivity (Wildman–Crippen MR) is 129 cm³/mol. The van der Waals surface area contributed by atoms with E-state index in [1.54, 1.807) is 18.2 Å². The van der Waals surface area contributed by atoms with Crippen molar-refractivity contribution < 1.29 is 14.0 Å². The van der Waals surface area contributed by atoms with Gasteiger partial charge in [-0.1, -0.05) is 78.4 Å². The van der Waals surface area contributed by atoms with E-state index in [4.69, 9.17) is 0 Å². The average molecular weight is 447 g/mol. The zero-order chi connectivity index (χ0) is 23.8.